The lowest BCUT2D eigenvalue weighted by atomic mass is 9.61. The Balaban J connectivity index is 1.82. The zero-order valence-electron chi connectivity index (χ0n) is 18.8. The van der Waals surface area contributed by atoms with Crippen LogP contribution >= 0.6 is 0 Å². The van der Waals surface area contributed by atoms with Gasteiger partial charge in [0.25, 0.3) is 0 Å². The zero-order chi connectivity index (χ0) is 22.5. The predicted molar refractivity (Wildman–Crippen MR) is 128 cm³/mol. The third kappa shape index (κ3) is 2.88. The van der Waals surface area contributed by atoms with Crippen molar-refractivity contribution in [3.8, 4) is 0 Å². The van der Waals surface area contributed by atoms with Gasteiger partial charge >= 0.3 is 0 Å². The van der Waals surface area contributed by atoms with Crippen LogP contribution in [0.3, 0.4) is 0 Å². The van der Waals surface area contributed by atoms with Crippen molar-refractivity contribution in [2.45, 2.75) is 43.9 Å². The molecule has 1 N–H and O–H groups in total. The van der Waals surface area contributed by atoms with Crippen molar-refractivity contribution in [2.75, 3.05) is 0 Å². The second-order valence-electron chi connectivity index (χ2n) is 9.86. The summed E-state index contributed by atoms with van der Waals surface area (Å²) in [4.78, 5) is 16.6. The minimum Gasteiger partial charge on any atom is -0.387 e. The Hall–Kier alpha value is -3.17. The molecule has 162 valence electrons. The summed E-state index contributed by atoms with van der Waals surface area (Å²) in [6.07, 6.45) is 3.30. The van der Waals surface area contributed by atoms with E-state index in [4.69, 9.17) is 0 Å². The van der Waals surface area contributed by atoms with Crippen LogP contribution in [0.25, 0.3) is 6.08 Å². The van der Waals surface area contributed by atoms with E-state index in [0.717, 1.165) is 22.3 Å². The number of fused-ring (bicyclic) bond motifs is 3. The third-order valence-corrected chi connectivity index (χ3v) is 7.02. The molecule has 1 aliphatic carbocycles. The van der Waals surface area contributed by atoms with Gasteiger partial charge in [-0.05, 0) is 43.0 Å². The largest absolute Gasteiger partial charge is 0.387 e. The van der Waals surface area contributed by atoms with Crippen molar-refractivity contribution in [3.63, 3.8) is 0 Å². The molecular formula is C29H29NO2. The van der Waals surface area contributed by atoms with Gasteiger partial charge in [0, 0.05) is 11.5 Å². The number of amides is 1. The van der Waals surface area contributed by atoms with E-state index in [0.29, 0.717) is 0 Å². The van der Waals surface area contributed by atoms with Crippen LogP contribution in [-0.2, 0) is 10.2 Å². The highest BCUT2D eigenvalue weighted by Crippen LogP contribution is 2.60. The van der Waals surface area contributed by atoms with Crippen LogP contribution in [0.5, 0.6) is 0 Å². The minimum absolute atomic E-state index is 0.0167. The van der Waals surface area contributed by atoms with Gasteiger partial charge in [0.2, 0.25) is 5.91 Å². The molecule has 3 heteroatoms. The van der Waals surface area contributed by atoms with E-state index < -0.39 is 17.1 Å². The summed E-state index contributed by atoms with van der Waals surface area (Å²) in [5, 5.41) is 12.0. The molecule has 2 aliphatic rings. The van der Waals surface area contributed by atoms with Crippen LogP contribution < -0.4 is 0 Å². The average Bonchev–Trinajstić information content (AvgIpc) is 3.10. The van der Waals surface area contributed by atoms with Crippen molar-refractivity contribution in [3.05, 3.63) is 113 Å². The number of likely N-dealkylation sites (tertiary alicyclic amines) is 1. The van der Waals surface area contributed by atoms with E-state index in [1.165, 1.54) is 0 Å². The molecule has 1 unspecified atom stereocenters. The summed E-state index contributed by atoms with van der Waals surface area (Å²) in [7, 11) is 0. The number of hydrogen-bond acceptors (Lipinski definition) is 2. The fourth-order valence-corrected chi connectivity index (χ4v) is 5.73. The van der Waals surface area contributed by atoms with Crippen molar-refractivity contribution < 1.29 is 9.90 Å². The van der Waals surface area contributed by atoms with E-state index in [1.807, 2.05) is 77.7 Å². The highest BCUT2D eigenvalue weighted by molar-refractivity contribution is 5.96. The lowest BCUT2D eigenvalue weighted by Crippen LogP contribution is -2.50. The smallest absolute Gasteiger partial charge is 0.237 e. The number of aliphatic hydroxyl groups excluding tert-OH is 1. The first-order valence-electron chi connectivity index (χ1n) is 11.3. The molecule has 0 bridgehead atoms. The molecule has 1 heterocycles. The van der Waals surface area contributed by atoms with E-state index in [2.05, 4.69) is 45.1 Å². The maximum absolute atomic E-state index is 14.6. The van der Waals surface area contributed by atoms with Gasteiger partial charge in [-0.25, -0.2) is 0 Å². The summed E-state index contributed by atoms with van der Waals surface area (Å²) >= 11 is 0. The molecule has 1 saturated heterocycles. The van der Waals surface area contributed by atoms with Crippen LogP contribution in [0.4, 0.5) is 0 Å². The first kappa shape index (κ1) is 20.7. The van der Waals surface area contributed by atoms with Crippen LogP contribution in [-0.4, -0.2) is 21.5 Å². The van der Waals surface area contributed by atoms with Crippen LogP contribution in [0.15, 0.2) is 91.0 Å². The maximum atomic E-state index is 14.6. The molecule has 0 aromatic heterocycles. The number of nitrogens with zero attached hydrogens (tertiary/aromatic N) is 1. The first-order valence-corrected chi connectivity index (χ1v) is 11.3. The lowest BCUT2D eigenvalue weighted by Gasteiger charge is -2.40. The molecule has 1 aliphatic heterocycles. The number of carbonyl (C=O) groups is 1. The first-order chi connectivity index (χ1) is 15.4. The second-order valence-corrected chi connectivity index (χ2v) is 9.86. The molecule has 3 aromatic rings. The number of hydrogen-bond donors (Lipinski definition) is 1. The third-order valence-electron chi connectivity index (χ3n) is 7.02. The van der Waals surface area contributed by atoms with E-state index >= 15 is 0 Å². The van der Waals surface area contributed by atoms with Crippen molar-refractivity contribution in [2.24, 2.45) is 5.92 Å². The van der Waals surface area contributed by atoms with Gasteiger partial charge in [0.15, 0.2) is 0 Å². The average molecular weight is 424 g/mol. The van der Waals surface area contributed by atoms with Gasteiger partial charge in [-0.3, -0.25) is 4.79 Å². The summed E-state index contributed by atoms with van der Waals surface area (Å²) < 4.78 is 0. The number of rotatable bonds is 3. The van der Waals surface area contributed by atoms with Gasteiger partial charge in [0.1, 0.15) is 5.41 Å². The zero-order valence-corrected chi connectivity index (χ0v) is 18.8. The molecule has 3 nitrogen and oxygen atoms in total. The molecule has 1 fully saturated rings. The van der Waals surface area contributed by atoms with E-state index in [1.54, 1.807) is 0 Å². The molecule has 0 radical (unpaired) electrons. The van der Waals surface area contributed by atoms with Crippen LogP contribution in [0.1, 0.15) is 55.2 Å². The topological polar surface area (TPSA) is 40.5 Å². The fraction of sp³-hybridized carbons (Fsp3) is 0.276. The Morgan fingerprint density at radius 3 is 2.12 bits per heavy atom. The minimum atomic E-state index is -1.10. The van der Waals surface area contributed by atoms with Crippen molar-refractivity contribution in [1.29, 1.82) is 0 Å². The predicted octanol–water partition coefficient (Wildman–Crippen LogP) is 5.68. The van der Waals surface area contributed by atoms with Crippen molar-refractivity contribution >= 4 is 12.0 Å². The van der Waals surface area contributed by atoms with E-state index in [-0.39, 0.29) is 17.9 Å². The SMILES string of the molecule is CC(C)(C)N1C(=O)[C@]2(C(O)c3ccccc3)c3ccccc3C=C[C@H]2[C@@H]1c1ccccc1. The lowest BCUT2D eigenvalue weighted by molar-refractivity contribution is -0.141. The van der Waals surface area contributed by atoms with Crippen LogP contribution in [0, 0.1) is 5.92 Å². The molecule has 3 aromatic carbocycles. The Morgan fingerprint density at radius 1 is 0.875 bits per heavy atom. The standard InChI is InChI=1S/C29H29NO2/c1-28(2,3)30-25(21-13-6-4-7-14-21)24-19-18-20-12-10-11-17-23(20)29(24,27(30)32)26(31)22-15-8-5-9-16-22/h4-19,24-26,31H,1-3H3/t24-,25-,26?,29+/m0/s1. The Kier molecular flexibility index (Phi) is 4.83. The quantitative estimate of drug-likeness (QED) is 0.588. The van der Waals surface area contributed by atoms with Gasteiger partial charge in [-0.15, -0.1) is 0 Å². The van der Waals surface area contributed by atoms with Crippen LogP contribution in [0.2, 0.25) is 0 Å². The normalized spacial score (nSPS) is 25.4. The molecule has 4 atom stereocenters. The highest BCUT2D eigenvalue weighted by atomic mass is 16.3. The number of benzene rings is 3. The maximum Gasteiger partial charge on any atom is 0.237 e. The Morgan fingerprint density at radius 2 is 1.47 bits per heavy atom. The molecule has 0 saturated carbocycles. The number of carbonyl (C=O) groups excluding carboxylic acids is 1. The summed E-state index contributed by atoms with van der Waals surface area (Å²) in [6, 6.07) is 27.7. The van der Waals surface area contributed by atoms with Gasteiger partial charge in [0.05, 0.1) is 12.1 Å². The molecule has 5 rings (SSSR count). The highest BCUT2D eigenvalue weighted by Gasteiger charge is 2.66. The Bertz CT molecular complexity index is 1160. The molecule has 0 spiro atoms. The number of aliphatic hydroxyl groups is 1. The molecule has 32 heavy (non-hydrogen) atoms. The van der Waals surface area contributed by atoms with Crippen molar-refractivity contribution in [1.82, 2.24) is 4.90 Å². The Labute approximate surface area is 190 Å². The summed E-state index contributed by atoms with van der Waals surface area (Å²) in [5.41, 5.74) is 2.24. The fourth-order valence-electron chi connectivity index (χ4n) is 5.73. The molecule has 1 amide bonds. The summed E-state index contributed by atoms with van der Waals surface area (Å²) in [6.45, 7) is 6.24. The van der Waals surface area contributed by atoms with Gasteiger partial charge in [-0.2, -0.15) is 0 Å². The summed E-state index contributed by atoms with van der Waals surface area (Å²) in [5.74, 6) is -0.223. The van der Waals surface area contributed by atoms with E-state index in [9.17, 15) is 9.90 Å². The van der Waals surface area contributed by atoms with Gasteiger partial charge < -0.3 is 10.0 Å². The monoisotopic (exact) mass is 423 g/mol. The second kappa shape index (κ2) is 7.46. The van der Waals surface area contributed by atoms with Gasteiger partial charge in [-0.1, -0.05) is 97.1 Å². The molecular weight excluding hydrogens is 394 g/mol.